The van der Waals surface area contributed by atoms with E-state index in [0.29, 0.717) is 18.4 Å². The summed E-state index contributed by atoms with van der Waals surface area (Å²) in [5, 5.41) is 3.01. The van der Waals surface area contributed by atoms with Crippen LogP contribution in [-0.4, -0.2) is 47.4 Å². The highest BCUT2D eigenvalue weighted by Gasteiger charge is 2.43. The van der Waals surface area contributed by atoms with Crippen molar-refractivity contribution in [1.29, 1.82) is 0 Å². The van der Waals surface area contributed by atoms with Crippen LogP contribution >= 0.6 is 0 Å². The molecule has 2 heterocycles. The van der Waals surface area contributed by atoms with Gasteiger partial charge in [-0.3, -0.25) is 4.79 Å². The zero-order chi connectivity index (χ0) is 18.9. The second-order valence-corrected chi connectivity index (χ2v) is 8.74. The van der Waals surface area contributed by atoms with Crippen LogP contribution in [0.25, 0.3) is 0 Å². The number of benzene rings is 1. The van der Waals surface area contributed by atoms with Gasteiger partial charge >= 0.3 is 6.03 Å². The summed E-state index contributed by atoms with van der Waals surface area (Å²) in [5.41, 5.74) is 2.25. The number of carbonyl (C=O) groups excluding carboxylic acids is 2. The summed E-state index contributed by atoms with van der Waals surface area (Å²) in [4.78, 5) is 29.2. The quantitative estimate of drug-likeness (QED) is 0.850. The van der Waals surface area contributed by atoms with Crippen molar-refractivity contribution in [2.45, 2.75) is 64.3 Å². The largest absolute Gasteiger partial charge is 0.339 e. The van der Waals surface area contributed by atoms with E-state index in [2.05, 4.69) is 10.2 Å². The fourth-order valence-corrected chi connectivity index (χ4v) is 5.02. The second kappa shape index (κ2) is 7.53. The molecule has 0 radical (unpaired) electrons. The van der Waals surface area contributed by atoms with E-state index in [1.54, 1.807) is 0 Å². The Balaban J connectivity index is 1.34. The molecule has 1 N–H and O–H groups in total. The van der Waals surface area contributed by atoms with E-state index in [1.807, 2.05) is 36.1 Å². The smallest absolute Gasteiger partial charge is 0.321 e. The average Bonchev–Trinajstić information content (AvgIpc) is 3.21. The van der Waals surface area contributed by atoms with Crippen LogP contribution in [-0.2, 0) is 4.79 Å². The van der Waals surface area contributed by atoms with Gasteiger partial charge in [0.15, 0.2) is 0 Å². The van der Waals surface area contributed by atoms with Gasteiger partial charge in [0.1, 0.15) is 0 Å². The van der Waals surface area contributed by atoms with E-state index in [-0.39, 0.29) is 11.4 Å². The number of urea groups is 1. The van der Waals surface area contributed by atoms with Crippen LogP contribution in [0.2, 0.25) is 0 Å². The number of hydrogen-bond donors (Lipinski definition) is 1. The molecular weight excluding hydrogens is 338 g/mol. The number of aryl methyl sites for hydroxylation is 1. The normalized spacial score (nSPS) is 23.1. The molecular formula is C22H31N3O2. The summed E-state index contributed by atoms with van der Waals surface area (Å²) in [6.07, 6.45) is 8.55. The Kier molecular flexibility index (Phi) is 5.11. The van der Waals surface area contributed by atoms with Gasteiger partial charge in [-0.15, -0.1) is 0 Å². The molecule has 3 fully saturated rings. The molecule has 4 rings (SSSR count). The van der Waals surface area contributed by atoms with Crippen LogP contribution < -0.4 is 5.32 Å². The molecule has 1 saturated carbocycles. The molecule has 5 nitrogen and oxygen atoms in total. The van der Waals surface area contributed by atoms with Crippen LogP contribution in [0.3, 0.4) is 0 Å². The first-order valence-electron chi connectivity index (χ1n) is 10.5. The van der Waals surface area contributed by atoms with Crippen LogP contribution in [0.15, 0.2) is 24.3 Å². The zero-order valence-electron chi connectivity index (χ0n) is 16.4. The van der Waals surface area contributed by atoms with Gasteiger partial charge in [-0.25, -0.2) is 4.79 Å². The minimum atomic E-state index is -0.00626. The number of anilines is 1. The van der Waals surface area contributed by atoms with Crippen LogP contribution in [0.5, 0.6) is 0 Å². The van der Waals surface area contributed by atoms with Crippen molar-refractivity contribution < 1.29 is 9.59 Å². The molecule has 27 heavy (non-hydrogen) atoms. The Morgan fingerprint density at radius 3 is 2.41 bits per heavy atom. The third kappa shape index (κ3) is 3.97. The number of carbonyl (C=O) groups is 2. The maximum Gasteiger partial charge on any atom is 0.321 e. The van der Waals surface area contributed by atoms with Gasteiger partial charge in [0.25, 0.3) is 0 Å². The first kappa shape index (κ1) is 18.3. The number of hydrogen-bond acceptors (Lipinski definition) is 2. The fourth-order valence-electron chi connectivity index (χ4n) is 5.02. The maximum atomic E-state index is 12.6. The standard InChI is InChI=1S/C22H31N3O2/c1-17-6-8-18(9-7-17)23-21(27)24-14-12-22(13-15-24)11-10-20(26)25(16-22)19-4-2-3-5-19/h6-9,19H,2-5,10-16H2,1H3,(H,23,27). The van der Waals surface area contributed by atoms with Crippen molar-refractivity contribution in [3.05, 3.63) is 29.8 Å². The van der Waals surface area contributed by atoms with Crippen molar-refractivity contribution in [1.82, 2.24) is 9.80 Å². The highest BCUT2D eigenvalue weighted by Crippen LogP contribution is 2.42. The van der Waals surface area contributed by atoms with E-state index in [4.69, 9.17) is 0 Å². The molecule has 146 valence electrons. The van der Waals surface area contributed by atoms with Gasteiger partial charge in [-0.05, 0) is 56.6 Å². The maximum absolute atomic E-state index is 12.6. The zero-order valence-corrected chi connectivity index (χ0v) is 16.4. The molecule has 0 aromatic heterocycles. The predicted octanol–water partition coefficient (Wildman–Crippen LogP) is 4.17. The van der Waals surface area contributed by atoms with Crippen molar-refractivity contribution in [3.63, 3.8) is 0 Å². The Morgan fingerprint density at radius 2 is 1.74 bits per heavy atom. The summed E-state index contributed by atoms with van der Waals surface area (Å²) in [6, 6.07) is 8.39. The minimum absolute atomic E-state index is 0.00626. The molecule has 1 aliphatic carbocycles. The van der Waals surface area contributed by atoms with Gasteiger partial charge in [-0.1, -0.05) is 30.5 Å². The lowest BCUT2D eigenvalue weighted by Crippen LogP contribution is -2.54. The monoisotopic (exact) mass is 369 g/mol. The number of likely N-dealkylation sites (tertiary alicyclic amines) is 2. The van der Waals surface area contributed by atoms with Crippen molar-refractivity contribution in [3.8, 4) is 0 Å². The van der Waals surface area contributed by atoms with Gasteiger partial charge in [0.05, 0.1) is 0 Å². The fraction of sp³-hybridized carbons (Fsp3) is 0.636. The van der Waals surface area contributed by atoms with E-state index >= 15 is 0 Å². The topological polar surface area (TPSA) is 52.7 Å². The molecule has 1 spiro atoms. The second-order valence-electron chi connectivity index (χ2n) is 8.74. The molecule has 2 aliphatic heterocycles. The first-order chi connectivity index (χ1) is 13.0. The summed E-state index contributed by atoms with van der Waals surface area (Å²) in [7, 11) is 0. The highest BCUT2D eigenvalue weighted by molar-refractivity contribution is 5.89. The summed E-state index contributed by atoms with van der Waals surface area (Å²) >= 11 is 0. The highest BCUT2D eigenvalue weighted by atomic mass is 16.2. The molecule has 3 amide bonds. The Morgan fingerprint density at radius 1 is 1.07 bits per heavy atom. The Bertz CT molecular complexity index is 686. The van der Waals surface area contributed by atoms with Crippen LogP contribution in [0.1, 0.15) is 56.9 Å². The lowest BCUT2D eigenvalue weighted by atomic mass is 9.72. The molecule has 3 aliphatic rings. The molecule has 1 aromatic rings. The van der Waals surface area contributed by atoms with Gasteiger partial charge in [-0.2, -0.15) is 0 Å². The first-order valence-corrected chi connectivity index (χ1v) is 10.5. The summed E-state index contributed by atoms with van der Waals surface area (Å²) in [6.45, 7) is 4.51. The third-order valence-corrected chi connectivity index (χ3v) is 6.87. The average molecular weight is 370 g/mol. The minimum Gasteiger partial charge on any atom is -0.339 e. The summed E-state index contributed by atoms with van der Waals surface area (Å²) < 4.78 is 0. The molecule has 0 atom stereocenters. The van der Waals surface area contributed by atoms with E-state index in [0.717, 1.165) is 44.6 Å². The SMILES string of the molecule is Cc1ccc(NC(=O)N2CCC3(CCC(=O)N(C4CCCC4)C3)CC2)cc1. The van der Waals surface area contributed by atoms with Gasteiger partial charge in [0, 0.05) is 37.8 Å². The number of piperidine rings is 2. The van der Waals surface area contributed by atoms with Gasteiger partial charge < -0.3 is 15.1 Å². The number of amides is 3. The third-order valence-electron chi connectivity index (χ3n) is 6.87. The van der Waals surface area contributed by atoms with E-state index < -0.39 is 0 Å². The molecule has 1 aromatic carbocycles. The molecule has 5 heteroatoms. The Labute approximate surface area is 162 Å². The molecule has 0 unspecified atom stereocenters. The Hall–Kier alpha value is -2.04. The molecule has 2 saturated heterocycles. The lowest BCUT2D eigenvalue weighted by molar-refractivity contribution is -0.141. The van der Waals surface area contributed by atoms with Crippen LogP contribution in [0.4, 0.5) is 10.5 Å². The number of rotatable bonds is 2. The van der Waals surface area contributed by atoms with Gasteiger partial charge in [0.2, 0.25) is 5.91 Å². The van der Waals surface area contributed by atoms with E-state index in [9.17, 15) is 9.59 Å². The number of nitrogens with zero attached hydrogens (tertiary/aromatic N) is 2. The van der Waals surface area contributed by atoms with Crippen molar-refractivity contribution >= 4 is 17.6 Å². The van der Waals surface area contributed by atoms with Crippen molar-refractivity contribution in [2.24, 2.45) is 5.41 Å². The van der Waals surface area contributed by atoms with Crippen molar-refractivity contribution in [2.75, 3.05) is 25.0 Å². The predicted molar refractivity (Wildman–Crippen MR) is 107 cm³/mol. The lowest BCUT2D eigenvalue weighted by Gasteiger charge is -2.49. The molecule has 0 bridgehead atoms. The van der Waals surface area contributed by atoms with Crippen LogP contribution in [0, 0.1) is 12.3 Å². The summed E-state index contributed by atoms with van der Waals surface area (Å²) in [5.74, 6) is 0.354. The number of nitrogens with one attached hydrogen (secondary N) is 1. The van der Waals surface area contributed by atoms with E-state index in [1.165, 1.54) is 31.2 Å².